The average molecular weight is 450 g/mol. The minimum Gasteiger partial charge on any atom is -0.439 e. The number of aryl methyl sites for hydroxylation is 2. The number of carbonyl (C=O) groups excluding carboxylic acids is 1. The molecule has 33 heavy (non-hydrogen) atoms. The number of hydrogen-bond donors (Lipinski definition) is 1. The van der Waals surface area contributed by atoms with Gasteiger partial charge in [0, 0.05) is 43.3 Å². The Morgan fingerprint density at radius 3 is 2.76 bits per heavy atom. The highest BCUT2D eigenvalue weighted by atomic mass is 19.1. The Hall–Kier alpha value is -4.14. The molecule has 0 bridgehead atoms. The van der Waals surface area contributed by atoms with E-state index in [-0.39, 0.29) is 36.9 Å². The lowest BCUT2D eigenvalue weighted by molar-refractivity contribution is -0.121. The van der Waals surface area contributed by atoms with Crippen molar-refractivity contribution in [1.29, 1.82) is 0 Å². The number of rotatable bonds is 8. The molecule has 0 aliphatic rings. The van der Waals surface area contributed by atoms with E-state index in [4.69, 9.17) is 9.26 Å². The molecule has 0 radical (unpaired) electrons. The van der Waals surface area contributed by atoms with Gasteiger partial charge in [-0.25, -0.2) is 13.8 Å². The molecule has 0 saturated carbocycles. The first-order chi connectivity index (χ1) is 16.0. The number of hydrogen-bond acceptors (Lipinski definition) is 6. The van der Waals surface area contributed by atoms with Gasteiger partial charge >= 0.3 is 0 Å². The van der Waals surface area contributed by atoms with Crippen LogP contribution in [0.4, 0.5) is 8.78 Å². The predicted molar refractivity (Wildman–Crippen MR) is 115 cm³/mol. The van der Waals surface area contributed by atoms with Crippen LogP contribution in [0.5, 0.6) is 11.6 Å². The molecule has 2 aromatic carbocycles. The van der Waals surface area contributed by atoms with Crippen LogP contribution in [0.25, 0.3) is 11.4 Å². The largest absolute Gasteiger partial charge is 0.439 e. The van der Waals surface area contributed by atoms with Crippen molar-refractivity contribution < 1.29 is 22.8 Å². The molecule has 4 aromatic rings. The van der Waals surface area contributed by atoms with Gasteiger partial charge in [0.25, 0.3) is 0 Å². The molecule has 9 heteroatoms. The molecule has 2 heterocycles. The van der Waals surface area contributed by atoms with E-state index >= 15 is 0 Å². The lowest BCUT2D eigenvalue weighted by Crippen LogP contribution is -2.23. The summed E-state index contributed by atoms with van der Waals surface area (Å²) in [5.41, 5.74) is 1.81. The van der Waals surface area contributed by atoms with Crippen LogP contribution in [0.2, 0.25) is 0 Å². The summed E-state index contributed by atoms with van der Waals surface area (Å²) in [7, 11) is 0. The van der Waals surface area contributed by atoms with Gasteiger partial charge in [0.15, 0.2) is 0 Å². The highest BCUT2D eigenvalue weighted by Crippen LogP contribution is 2.21. The van der Waals surface area contributed by atoms with E-state index < -0.39 is 5.82 Å². The number of nitrogens with zero attached hydrogens (tertiary/aromatic N) is 3. The van der Waals surface area contributed by atoms with Gasteiger partial charge in [-0.05, 0) is 36.2 Å². The van der Waals surface area contributed by atoms with Crippen molar-refractivity contribution in [3.63, 3.8) is 0 Å². The third-order valence-corrected chi connectivity index (χ3v) is 4.77. The molecule has 0 unspecified atom stereocenters. The Bertz CT molecular complexity index is 1260. The first kappa shape index (κ1) is 22.1. The van der Waals surface area contributed by atoms with Gasteiger partial charge in [0.2, 0.25) is 23.5 Å². The number of halogens is 2. The third-order valence-electron chi connectivity index (χ3n) is 4.77. The van der Waals surface area contributed by atoms with E-state index in [9.17, 15) is 13.6 Å². The molecular weight excluding hydrogens is 430 g/mol. The fourth-order valence-corrected chi connectivity index (χ4v) is 2.94. The van der Waals surface area contributed by atoms with Crippen molar-refractivity contribution in [2.45, 2.75) is 26.3 Å². The Morgan fingerprint density at radius 2 is 2.00 bits per heavy atom. The monoisotopic (exact) mass is 450 g/mol. The van der Waals surface area contributed by atoms with Gasteiger partial charge in [-0.1, -0.05) is 29.4 Å². The molecule has 0 saturated heterocycles. The highest BCUT2D eigenvalue weighted by molar-refractivity contribution is 5.76. The van der Waals surface area contributed by atoms with Gasteiger partial charge in [-0.3, -0.25) is 4.79 Å². The Kier molecular flexibility index (Phi) is 6.68. The molecule has 0 aliphatic carbocycles. The van der Waals surface area contributed by atoms with Crippen LogP contribution in [0, 0.1) is 18.6 Å². The van der Waals surface area contributed by atoms with E-state index in [2.05, 4.69) is 20.4 Å². The summed E-state index contributed by atoms with van der Waals surface area (Å²) >= 11 is 0. The summed E-state index contributed by atoms with van der Waals surface area (Å²) in [5.74, 6) is 0.291. The summed E-state index contributed by atoms with van der Waals surface area (Å²) in [6, 6.07) is 13.9. The first-order valence-corrected chi connectivity index (χ1v) is 10.2. The van der Waals surface area contributed by atoms with Crippen LogP contribution in [-0.2, 0) is 17.8 Å². The SMILES string of the molecule is Cc1ccc(-c2noc(CCC(=O)NCc3ccc(Oc4cccc(F)c4)nc3)n2)cc1F. The van der Waals surface area contributed by atoms with Crippen LogP contribution in [0.1, 0.15) is 23.4 Å². The molecule has 1 N–H and O–H groups in total. The number of amides is 1. The Labute approximate surface area is 188 Å². The predicted octanol–water partition coefficient (Wildman–Crippen LogP) is 4.76. The second kappa shape index (κ2) is 9.99. The lowest BCUT2D eigenvalue weighted by atomic mass is 10.1. The molecule has 0 atom stereocenters. The van der Waals surface area contributed by atoms with Crippen molar-refractivity contribution in [3.05, 3.63) is 89.4 Å². The zero-order valence-corrected chi connectivity index (χ0v) is 17.7. The van der Waals surface area contributed by atoms with Gasteiger partial charge < -0.3 is 14.6 Å². The van der Waals surface area contributed by atoms with Crippen molar-refractivity contribution in [1.82, 2.24) is 20.4 Å². The van der Waals surface area contributed by atoms with E-state index in [1.165, 1.54) is 18.2 Å². The number of ether oxygens (including phenoxy) is 1. The smallest absolute Gasteiger partial charge is 0.227 e. The summed E-state index contributed by atoms with van der Waals surface area (Å²) < 4.78 is 37.6. The molecule has 0 fully saturated rings. The standard InChI is InChI=1S/C24H20F2N4O3/c1-15-5-7-17(11-20(15)26)24-29-23(33-30-24)10-8-21(31)27-13-16-6-9-22(28-14-16)32-19-4-2-3-18(25)12-19/h2-7,9,11-12,14H,8,10,13H2,1H3,(H,27,31). The highest BCUT2D eigenvalue weighted by Gasteiger charge is 2.12. The van der Waals surface area contributed by atoms with Crippen LogP contribution in [-0.4, -0.2) is 21.0 Å². The molecule has 2 aromatic heterocycles. The topological polar surface area (TPSA) is 90.1 Å². The molecular formula is C24H20F2N4O3. The second-order valence-corrected chi connectivity index (χ2v) is 7.32. The van der Waals surface area contributed by atoms with Crippen LogP contribution in [0.15, 0.2) is 65.3 Å². The van der Waals surface area contributed by atoms with Gasteiger partial charge in [-0.2, -0.15) is 4.98 Å². The van der Waals surface area contributed by atoms with Crippen molar-refractivity contribution in [2.24, 2.45) is 0 Å². The number of aromatic nitrogens is 3. The van der Waals surface area contributed by atoms with Crippen LogP contribution < -0.4 is 10.1 Å². The maximum absolute atomic E-state index is 13.7. The average Bonchev–Trinajstić information content (AvgIpc) is 3.28. The minimum absolute atomic E-state index is 0.151. The zero-order valence-electron chi connectivity index (χ0n) is 17.7. The molecule has 4 rings (SSSR count). The summed E-state index contributed by atoms with van der Waals surface area (Å²) in [4.78, 5) is 20.5. The zero-order chi connectivity index (χ0) is 23.2. The van der Waals surface area contributed by atoms with Gasteiger partial charge in [0.1, 0.15) is 17.4 Å². The summed E-state index contributed by atoms with van der Waals surface area (Å²) in [6.07, 6.45) is 1.98. The molecule has 7 nitrogen and oxygen atoms in total. The van der Waals surface area contributed by atoms with Crippen molar-refractivity contribution in [3.8, 4) is 23.0 Å². The normalized spacial score (nSPS) is 10.8. The van der Waals surface area contributed by atoms with E-state index in [0.29, 0.717) is 28.6 Å². The van der Waals surface area contributed by atoms with Crippen LogP contribution >= 0.6 is 0 Å². The van der Waals surface area contributed by atoms with Crippen molar-refractivity contribution in [2.75, 3.05) is 0 Å². The second-order valence-electron chi connectivity index (χ2n) is 7.32. The number of benzene rings is 2. The quantitative estimate of drug-likeness (QED) is 0.416. The number of carbonyl (C=O) groups is 1. The van der Waals surface area contributed by atoms with Crippen LogP contribution in [0.3, 0.4) is 0 Å². The van der Waals surface area contributed by atoms with E-state index in [0.717, 1.165) is 5.56 Å². The molecule has 168 valence electrons. The molecule has 0 spiro atoms. The van der Waals surface area contributed by atoms with E-state index in [1.54, 1.807) is 49.5 Å². The third kappa shape index (κ3) is 5.97. The summed E-state index contributed by atoms with van der Waals surface area (Å²) in [6.45, 7) is 1.95. The van der Waals surface area contributed by atoms with E-state index in [1.807, 2.05) is 0 Å². The minimum atomic E-state index is -0.396. The number of nitrogens with one attached hydrogen (secondary N) is 1. The molecule has 1 amide bonds. The Balaban J connectivity index is 1.24. The fourth-order valence-electron chi connectivity index (χ4n) is 2.94. The summed E-state index contributed by atoms with van der Waals surface area (Å²) in [5, 5.41) is 6.64. The van der Waals surface area contributed by atoms with Gasteiger partial charge in [-0.15, -0.1) is 0 Å². The lowest BCUT2D eigenvalue weighted by Gasteiger charge is -2.07. The maximum Gasteiger partial charge on any atom is 0.227 e. The molecule has 0 aliphatic heterocycles. The first-order valence-electron chi connectivity index (χ1n) is 10.2. The fraction of sp³-hybridized carbons (Fsp3) is 0.167. The van der Waals surface area contributed by atoms with Gasteiger partial charge in [0.05, 0.1) is 0 Å². The Morgan fingerprint density at radius 1 is 1.12 bits per heavy atom. The maximum atomic E-state index is 13.7. The number of pyridine rings is 1. The van der Waals surface area contributed by atoms with Crippen molar-refractivity contribution >= 4 is 5.91 Å².